The molecular formula is C19H20N2O4. The molecule has 1 aromatic carbocycles. The minimum Gasteiger partial charge on any atom is -0.461 e. The molecule has 1 saturated heterocycles. The molecule has 0 bridgehead atoms. The van der Waals surface area contributed by atoms with Crippen molar-refractivity contribution in [1.29, 1.82) is 0 Å². The summed E-state index contributed by atoms with van der Waals surface area (Å²) in [5, 5.41) is 0. The summed E-state index contributed by atoms with van der Waals surface area (Å²) >= 11 is 0. The second-order valence-corrected chi connectivity index (χ2v) is 6.23. The van der Waals surface area contributed by atoms with E-state index in [-0.39, 0.29) is 11.7 Å². The number of piperazine rings is 1. The molecule has 1 fully saturated rings. The van der Waals surface area contributed by atoms with Crippen molar-refractivity contribution >= 4 is 17.6 Å². The lowest BCUT2D eigenvalue weighted by Gasteiger charge is -2.38. The van der Waals surface area contributed by atoms with Crippen molar-refractivity contribution < 1.29 is 18.8 Å². The molecule has 1 aromatic heterocycles. The maximum atomic E-state index is 12.6. The molecule has 2 aromatic rings. The van der Waals surface area contributed by atoms with Crippen LogP contribution >= 0.6 is 0 Å². The van der Waals surface area contributed by atoms with Gasteiger partial charge in [0.25, 0.3) is 11.7 Å². The van der Waals surface area contributed by atoms with Crippen LogP contribution in [0.1, 0.15) is 28.6 Å². The molecule has 1 atom stereocenters. The first kappa shape index (κ1) is 17.0. The first-order valence-electron chi connectivity index (χ1n) is 8.20. The van der Waals surface area contributed by atoms with Crippen LogP contribution in [0.25, 0.3) is 0 Å². The van der Waals surface area contributed by atoms with E-state index in [1.165, 1.54) is 17.2 Å². The smallest absolute Gasteiger partial charge is 0.299 e. The molecule has 2 amide bonds. The number of benzene rings is 1. The zero-order valence-corrected chi connectivity index (χ0v) is 14.3. The Morgan fingerprint density at radius 2 is 2.00 bits per heavy atom. The van der Waals surface area contributed by atoms with Crippen molar-refractivity contribution in [3.05, 3.63) is 59.5 Å². The molecule has 1 aliphatic heterocycles. The molecule has 2 heterocycles. The molecule has 6 heteroatoms. The quantitative estimate of drug-likeness (QED) is 0.631. The monoisotopic (exact) mass is 340 g/mol. The highest BCUT2D eigenvalue weighted by Crippen LogP contribution is 2.17. The molecule has 3 rings (SSSR count). The molecule has 0 aliphatic carbocycles. The molecule has 0 unspecified atom stereocenters. The zero-order chi connectivity index (χ0) is 18.0. The molecule has 6 nitrogen and oxygen atoms in total. The van der Waals surface area contributed by atoms with Gasteiger partial charge >= 0.3 is 0 Å². The molecule has 0 radical (unpaired) electrons. The van der Waals surface area contributed by atoms with E-state index in [2.05, 4.69) is 0 Å². The molecule has 130 valence electrons. The molecule has 0 N–H and O–H groups in total. The summed E-state index contributed by atoms with van der Waals surface area (Å²) in [7, 11) is 0. The number of carbonyl (C=O) groups is 3. The van der Waals surface area contributed by atoms with Crippen LogP contribution in [0.2, 0.25) is 0 Å². The molecular weight excluding hydrogens is 320 g/mol. The molecule has 1 aliphatic rings. The van der Waals surface area contributed by atoms with Gasteiger partial charge in [0.1, 0.15) is 6.04 Å². The average molecular weight is 340 g/mol. The third-order valence-electron chi connectivity index (χ3n) is 4.40. The van der Waals surface area contributed by atoms with Gasteiger partial charge in [-0.2, -0.15) is 0 Å². The number of aryl methyl sites for hydroxylation is 1. The lowest BCUT2D eigenvalue weighted by Crippen LogP contribution is -2.58. The number of hydrogen-bond acceptors (Lipinski definition) is 4. The predicted molar refractivity (Wildman–Crippen MR) is 90.8 cm³/mol. The first-order chi connectivity index (χ1) is 12.0. The highest BCUT2D eigenvalue weighted by molar-refractivity contribution is 6.42. The Hall–Kier alpha value is -2.89. The van der Waals surface area contributed by atoms with E-state index in [4.69, 9.17) is 4.42 Å². The van der Waals surface area contributed by atoms with Crippen LogP contribution < -0.4 is 0 Å². The van der Waals surface area contributed by atoms with Crippen molar-refractivity contribution in [2.24, 2.45) is 0 Å². The summed E-state index contributed by atoms with van der Waals surface area (Å²) in [5.41, 5.74) is 2.18. The van der Waals surface area contributed by atoms with Crippen molar-refractivity contribution in [2.45, 2.75) is 26.4 Å². The number of amides is 2. The molecule has 0 spiro atoms. The van der Waals surface area contributed by atoms with Gasteiger partial charge in [-0.25, -0.2) is 0 Å². The Kier molecular flexibility index (Phi) is 4.70. The van der Waals surface area contributed by atoms with E-state index in [9.17, 15) is 14.4 Å². The normalized spacial score (nSPS) is 17.7. The minimum absolute atomic E-state index is 0.00756. The van der Waals surface area contributed by atoms with E-state index in [1.54, 1.807) is 17.9 Å². The Bertz CT molecular complexity index is 798. The van der Waals surface area contributed by atoms with Gasteiger partial charge in [-0.3, -0.25) is 14.4 Å². The number of hydrogen-bond donors (Lipinski definition) is 0. The number of nitrogens with zero attached hydrogens (tertiary/aromatic N) is 2. The lowest BCUT2D eigenvalue weighted by molar-refractivity contribution is -0.148. The first-order valence-corrected chi connectivity index (χ1v) is 8.20. The highest BCUT2D eigenvalue weighted by atomic mass is 16.3. The second kappa shape index (κ2) is 6.93. The van der Waals surface area contributed by atoms with Crippen LogP contribution in [0.3, 0.4) is 0 Å². The maximum Gasteiger partial charge on any atom is 0.299 e. The van der Waals surface area contributed by atoms with Crippen molar-refractivity contribution in [1.82, 2.24) is 9.80 Å². The van der Waals surface area contributed by atoms with Gasteiger partial charge < -0.3 is 14.2 Å². The maximum absolute atomic E-state index is 12.6. The van der Waals surface area contributed by atoms with Gasteiger partial charge in [-0.1, -0.05) is 29.8 Å². The van der Waals surface area contributed by atoms with Crippen molar-refractivity contribution in [2.75, 3.05) is 13.1 Å². The highest BCUT2D eigenvalue weighted by Gasteiger charge is 2.37. The second-order valence-electron chi connectivity index (χ2n) is 6.23. The summed E-state index contributed by atoms with van der Waals surface area (Å²) in [6.45, 7) is 4.88. The largest absolute Gasteiger partial charge is 0.461 e. The van der Waals surface area contributed by atoms with E-state index < -0.39 is 17.7 Å². The summed E-state index contributed by atoms with van der Waals surface area (Å²) in [4.78, 5) is 40.2. The molecule has 0 saturated carbocycles. The van der Waals surface area contributed by atoms with Crippen molar-refractivity contribution in [3.8, 4) is 0 Å². The number of rotatable bonds is 4. The number of furan rings is 1. The fraction of sp³-hybridized carbons (Fsp3) is 0.316. The fourth-order valence-electron chi connectivity index (χ4n) is 3.04. The number of carbonyl (C=O) groups excluding carboxylic acids is 3. The summed E-state index contributed by atoms with van der Waals surface area (Å²) in [6, 6.07) is 10.3. The summed E-state index contributed by atoms with van der Waals surface area (Å²) in [6.07, 6.45) is 1.34. The Morgan fingerprint density at radius 3 is 2.68 bits per heavy atom. The third kappa shape index (κ3) is 3.47. The van der Waals surface area contributed by atoms with E-state index in [0.717, 1.165) is 11.1 Å². The van der Waals surface area contributed by atoms with Crippen LogP contribution in [0.4, 0.5) is 0 Å². The van der Waals surface area contributed by atoms with Crippen LogP contribution in [0.15, 0.2) is 47.1 Å². The Morgan fingerprint density at radius 1 is 1.20 bits per heavy atom. The van der Waals surface area contributed by atoms with Gasteiger partial charge in [0.05, 0.1) is 6.26 Å². The van der Waals surface area contributed by atoms with Gasteiger partial charge in [-0.05, 0) is 31.5 Å². The summed E-state index contributed by atoms with van der Waals surface area (Å²) in [5.74, 6) is -1.59. The average Bonchev–Trinajstić information content (AvgIpc) is 3.12. The minimum atomic E-state index is -0.725. The lowest BCUT2D eigenvalue weighted by atomic mass is 10.1. The van der Waals surface area contributed by atoms with Gasteiger partial charge in [-0.15, -0.1) is 0 Å². The van der Waals surface area contributed by atoms with Crippen LogP contribution in [-0.4, -0.2) is 46.5 Å². The standard InChI is InChI=1S/C19H20N2O4/c1-13-5-3-6-15(11-13)12-20-8-9-21(14(2)18(20)23)19(24)17(22)16-7-4-10-25-16/h3-7,10-11,14H,8-9,12H2,1-2H3/t14-/m0/s1. The zero-order valence-electron chi connectivity index (χ0n) is 14.3. The van der Waals surface area contributed by atoms with Crippen LogP contribution in [0, 0.1) is 6.92 Å². The fourth-order valence-corrected chi connectivity index (χ4v) is 3.04. The Balaban J connectivity index is 1.69. The van der Waals surface area contributed by atoms with E-state index >= 15 is 0 Å². The predicted octanol–water partition coefficient (Wildman–Crippen LogP) is 2.03. The topological polar surface area (TPSA) is 70.8 Å². The number of Topliss-reactive ketones (excluding diaryl/α,β-unsaturated/α-hetero) is 1. The SMILES string of the molecule is Cc1cccc(CN2CCN(C(=O)C(=O)c3ccco3)[C@@H](C)C2=O)c1. The third-order valence-corrected chi connectivity index (χ3v) is 4.40. The van der Waals surface area contributed by atoms with Crippen LogP contribution in [0.5, 0.6) is 0 Å². The van der Waals surface area contributed by atoms with Gasteiger partial charge in [0.15, 0.2) is 5.76 Å². The van der Waals surface area contributed by atoms with Gasteiger partial charge in [0.2, 0.25) is 5.91 Å². The van der Waals surface area contributed by atoms with E-state index in [1.807, 2.05) is 31.2 Å². The Labute approximate surface area is 146 Å². The van der Waals surface area contributed by atoms with E-state index in [0.29, 0.717) is 19.6 Å². The molecule has 25 heavy (non-hydrogen) atoms. The number of ketones is 1. The summed E-state index contributed by atoms with van der Waals surface area (Å²) < 4.78 is 4.99. The van der Waals surface area contributed by atoms with Crippen LogP contribution in [-0.2, 0) is 16.1 Å². The van der Waals surface area contributed by atoms with Crippen molar-refractivity contribution in [3.63, 3.8) is 0 Å². The van der Waals surface area contributed by atoms with Gasteiger partial charge in [0, 0.05) is 19.6 Å².